The molecular formula is C23H35N3. The van der Waals surface area contributed by atoms with E-state index < -0.39 is 0 Å². The minimum absolute atomic E-state index is 0.0982. The molecule has 0 aromatic heterocycles. The minimum Gasteiger partial charge on any atom is -0.387 e. The van der Waals surface area contributed by atoms with Crippen LogP contribution in [0, 0.1) is 0 Å². The normalized spacial score (nSPS) is 11.3. The zero-order chi connectivity index (χ0) is 19.4. The molecule has 0 spiro atoms. The van der Waals surface area contributed by atoms with Crippen molar-refractivity contribution in [3.8, 4) is 0 Å². The van der Waals surface area contributed by atoms with E-state index >= 15 is 0 Å². The largest absolute Gasteiger partial charge is 0.387 e. The van der Waals surface area contributed by atoms with Gasteiger partial charge in [-0.3, -0.25) is 0 Å². The summed E-state index contributed by atoms with van der Waals surface area (Å²) >= 11 is 0. The van der Waals surface area contributed by atoms with E-state index in [1.807, 2.05) is 6.07 Å². The lowest BCUT2D eigenvalue weighted by Crippen LogP contribution is -2.38. The van der Waals surface area contributed by atoms with Gasteiger partial charge in [-0.1, -0.05) is 62.6 Å². The van der Waals surface area contributed by atoms with Gasteiger partial charge in [0.05, 0.1) is 12.6 Å². The van der Waals surface area contributed by atoms with Crippen molar-refractivity contribution in [2.24, 2.45) is 0 Å². The van der Waals surface area contributed by atoms with E-state index in [1.165, 1.54) is 11.1 Å². The fourth-order valence-corrected chi connectivity index (χ4v) is 2.52. The Labute approximate surface area is 160 Å². The third kappa shape index (κ3) is 9.16. The Morgan fingerprint density at radius 1 is 1.00 bits per heavy atom. The van der Waals surface area contributed by atoms with E-state index in [0.717, 1.165) is 49.3 Å². The summed E-state index contributed by atoms with van der Waals surface area (Å²) in [6.07, 6.45) is 3.88. The van der Waals surface area contributed by atoms with E-state index in [4.69, 9.17) is 0 Å². The van der Waals surface area contributed by atoms with Crippen LogP contribution in [0.25, 0.3) is 0 Å². The molecule has 1 rings (SSSR count). The Morgan fingerprint density at radius 3 is 2.31 bits per heavy atom. The molecule has 0 heterocycles. The summed E-state index contributed by atoms with van der Waals surface area (Å²) in [5, 5.41) is 10.2. The van der Waals surface area contributed by atoms with Crippen LogP contribution in [0.15, 0.2) is 79.3 Å². The Kier molecular flexibility index (Phi) is 9.99. The van der Waals surface area contributed by atoms with Crippen LogP contribution in [-0.4, -0.2) is 19.1 Å². The minimum atomic E-state index is 0.0982. The van der Waals surface area contributed by atoms with Crippen LogP contribution in [0.2, 0.25) is 0 Å². The summed E-state index contributed by atoms with van der Waals surface area (Å²) in [5.74, 6) is 0. The van der Waals surface area contributed by atoms with E-state index in [1.54, 1.807) is 0 Å². The summed E-state index contributed by atoms with van der Waals surface area (Å²) in [6.45, 7) is 22.1. The third-order valence-corrected chi connectivity index (χ3v) is 4.19. The molecule has 142 valence electrons. The van der Waals surface area contributed by atoms with E-state index in [2.05, 4.69) is 80.4 Å². The van der Waals surface area contributed by atoms with Crippen LogP contribution in [-0.2, 0) is 6.42 Å². The highest BCUT2D eigenvalue weighted by Gasteiger charge is 2.13. The summed E-state index contributed by atoms with van der Waals surface area (Å²) < 4.78 is 0. The first-order valence-electron chi connectivity index (χ1n) is 9.39. The molecule has 0 aliphatic rings. The quantitative estimate of drug-likeness (QED) is 0.336. The predicted molar refractivity (Wildman–Crippen MR) is 115 cm³/mol. The highest BCUT2D eigenvalue weighted by atomic mass is 15.0. The molecule has 0 bridgehead atoms. The molecule has 0 amide bonds. The molecule has 0 saturated heterocycles. The van der Waals surface area contributed by atoms with Gasteiger partial charge in [0.25, 0.3) is 0 Å². The lowest BCUT2D eigenvalue weighted by atomic mass is 10.0. The summed E-state index contributed by atoms with van der Waals surface area (Å²) in [7, 11) is 0. The lowest BCUT2D eigenvalue weighted by Gasteiger charge is -2.25. The van der Waals surface area contributed by atoms with Crippen LogP contribution >= 0.6 is 0 Å². The molecule has 26 heavy (non-hydrogen) atoms. The molecule has 0 aliphatic heterocycles. The maximum absolute atomic E-state index is 4.23. The Hall–Kier alpha value is -2.42. The third-order valence-electron chi connectivity index (χ3n) is 4.19. The molecule has 3 heteroatoms. The summed E-state index contributed by atoms with van der Waals surface area (Å²) in [6, 6.07) is 10.5. The monoisotopic (exact) mass is 353 g/mol. The van der Waals surface area contributed by atoms with Crippen molar-refractivity contribution in [1.82, 2.24) is 16.0 Å². The molecule has 3 N–H and O–H groups in total. The number of hydrogen-bond acceptors (Lipinski definition) is 3. The number of allylic oxidation sites excluding steroid dienone is 2. The number of rotatable bonds is 14. The molecule has 1 atom stereocenters. The highest BCUT2D eigenvalue weighted by Crippen LogP contribution is 2.10. The summed E-state index contributed by atoms with van der Waals surface area (Å²) in [5.41, 5.74) is 5.43. The fraction of sp³-hybridized carbons (Fsp3) is 0.391. The van der Waals surface area contributed by atoms with E-state index in [-0.39, 0.29) is 6.04 Å². The Morgan fingerprint density at radius 2 is 1.69 bits per heavy atom. The average molecular weight is 354 g/mol. The van der Waals surface area contributed by atoms with Crippen LogP contribution < -0.4 is 16.0 Å². The van der Waals surface area contributed by atoms with E-state index in [9.17, 15) is 0 Å². The van der Waals surface area contributed by atoms with Crippen molar-refractivity contribution in [3.05, 3.63) is 84.9 Å². The van der Waals surface area contributed by atoms with Crippen molar-refractivity contribution in [2.45, 2.75) is 45.6 Å². The van der Waals surface area contributed by atoms with Gasteiger partial charge in [-0.15, -0.1) is 6.58 Å². The first-order valence-corrected chi connectivity index (χ1v) is 9.39. The number of benzene rings is 1. The van der Waals surface area contributed by atoms with Gasteiger partial charge in [0.2, 0.25) is 0 Å². The van der Waals surface area contributed by atoms with Gasteiger partial charge in [0, 0.05) is 23.6 Å². The topological polar surface area (TPSA) is 36.1 Å². The molecule has 1 aromatic rings. The van der Waals surface area contributed by atoms with Gasteiger partial charge in [0.15, 0.2) is 0 Å². The van der Waals surface area contributed by atoms with Gasteiger partial charge < -0.3 is 16.0 Å². The van der Waals surface area contributed by atoms with Crippen molar-refractivity contribution in [3.63, 3.8) is 0 Å². The van der Waals surface area contributed by atoms with Gasteiger partial charge in [-0.25, -0.2) is 0 Å². The van der Waals surface area contributed by atoms with Gasteiger partial charge >= 0.3 is 0 Å². The molecule has 1 unspecified atom stereocenters. The van der Waals surface area contributed by atoms with Crippen LogP contribution in [0.1, 0.15) is 38.7 Å². The predicted octanol–water partition coefficient (Wildman–Crippen LogP) is 4.67. The molecule has 3 nitrogen and oxygen atoms in total. The van der Waals surface area contributed by atoms with Gasteiger partial charge in [-0.2, -0.15) is 0 Å². The highest BCUT2D eigenvalue weighted by molar-refractivity contribution is 5.21. The number of hydrogen-bond donors (Lipinski definition) is 3. The van der Waals surface area contributed by atoms with Crippen molar-refractivity contribution < 1.29 is 0 Å². The van der Waals surface area contributed by atoms with Crippen LogP contribution in [0.4, 0.5) is 0 Å². The van der Waals surface area contributed by atoms with Gasteiger partial charge in [0.1, 0.15) is 0 Å². The molecule has 1 aromatic carbocycles. The first-order chi connectivity index (χ1) is 12.4. The van der Waals surface area contributed by atoms with Gasteiger partial charge in [-0.05, 0) is 38.2 Å². The average Bonchev–Trinajstić information content (AvgIpc) is 2.63. The molecule has 0 saturated carbocycles. The van der Waals surface area contributed by atoms with Crippen molar-refractivity contribution in [2.75, 3.05) is 13.1 Å². The maximum Gasteiger partial charge on any atom is 0.0690 e. The second-order valence-corrected chi connectivity index (χ2v) is 6.81. The van der Waals surface area contributed by atoms with Crippen LogP contribution in [0.5, 0.6) is 0 Å². The summed E-state index contributed by atoms with van der Waals surface area (Å²) in [4.78, 5) is 0. The SMILES string of the molecule is C=C(C)CCCNC(=C)CNC(=C)C(Cc1ccccc1)NC(=C)CC. The first kappa shape index (κ1) is 21.6. The maximum atomic E-state index is 4.23. The molecule has 0 fully saturated rings. The smallest absolute Gasteiger partial charge is 0.0690 e. The van der Waals surface area contributed by atoms with Crippen molar-refractivity contribution >= 4 is 0 Å². The Bertz CT molecular complexity index is 601. The second kappa shape index (κ2) is 12.0. The van der Waals surface area contributed by atoms with Crippen molar-refractivity contribution in [1.29, 1.82) is 0 Å². The second-order valence-electron chi connectivity index (χ2n) is 6.81. The Balaban J connectivity index is 2.50. The van der Waals surface area contributed by atoms with E-state index in [0.29, 0.717) is 6.54 Å². The van der Waals surface area contributed by atoms with Crippen LogP contribution in [0.3, 0.4) is 0 Å². The molecule has 0 radical (unpaired) electrons. The number of nitrogens with one attached hydrogen (secondary N) is 3. The standard InChI is InChI=1S/C23H35N3/c1-7-19(4)26-23(16-22-13-9-8-10-14-22)21(6)25-17-20(5)24-15-11-12-18(2)3/h8-10,13-14,23-26H,2,4-7,11-12,15-17H2,1,3H3. The molecule has 0 aliphatic carbocycles. The zero-order valence-corrected chi connectivity index (χ0v) is 16.5. The lowest BCUT2D eigenvalue weighted by molar-refractivity contribution is 0.578. The fourth-order valence-electron chi connectivity index (χ4n) is 2.52. The zero-order valence-electron chi connectivity index (χ0n) is 16.5. The molecular weight excluding hydrogens is 318 g/mol.